The number of hydrogen-bond acceptors (Lipinski definition) is 6. The Morgan fingerprint density at radius 2 is 1.97 bits per heavy atom. The van der Waals surface area contributed by atoms with Crippen LogP contribution in [0.3, 0.4) is 0 Å². The van der Waals surface area contributed by atoms with E-state index >= 15 is 0 Å². The molecule has 4 heterocycles. The quantitative estimate of drug-likeness (QED) is 0.653. The van der Waals surface area contributed by atoms with Gasteiger partial charge in [0.1, 0.15) is 11.2 Å². The van der Waals surface area contributed by atoms with Gasteiger partial charge in [-0.25, -0.2) is 14.5 Å². The van der Waals surface area contributed by atoms with Crippen molar-refractivity contribution >= 4 is 22.8 Å². The lowest BCUT2D eigenvalue weighted by molar-refractivity contribution is 0.161. The number of H-pyrrole nitrogens is 1. The van der Waals surface area contributed by atoms with Gasteiger partial charge in [-0.3, -0.25) is 4.79 Å². The largest absolute Gasteiger partial charge is 0.454 e. The Morgan fingerprint density at radius 3 is 2.71 bits per heavy atom. The van der Waals surface area contributed by atoms with Gasteiger partial charge in [0.05, 0.1) is 17.2 Å². The lowest BCUT2D eigenvalue weighted by Gasteiger charge is -2.38. The highest BCUT2D eigenvalue weighted by Crippen LogP contribution is 2.34. The molecule has 10 heteroatoms. The van der Waals surface area contributed by atoms with E-state index in [1.165, 1.54) is 0 Å². The van der Waals surface area contributed by atoms with Crippen LogP contribution >= 0.6 is 0 Å². The number of carbonyl (C=O) groups excluding carboxylic acids is 1. The molecule has 3 aromatic rings. The zero-order chi connectivity index (χ0) is 21.9. The van der Waals surface area contributed by atoms with E-state index in [-0.39, 0.29) is 29.8 Å². The number of rotatable bonds is 2. The van der Waals surface area contributed by atoms with Crippen molar-refractivity contribution in [1.82, 2.24) is 24.6 Å². The fourth-order valence-electron chi connectivity index (χ4n) is 3.86. The number of likely N-dealkylation sites (tertiary alicyclic amines) is 1. The Kier molecular flexibility index (Phi) is 4.21. The fourth-order valence-corrected chi connectivity index (χ4v) is 3.86. The summed E-state index contributed by atoms with van der Waals surface area (Å²) in [5, 5.41) is 7.89. The highest BCUT2D eigenvalue weighted by atomic mass is 16.7. The Labute approximate surface area is 178 Å². The number of carbonyl (C=O) groups is 1. The Hall–Kier alpha value is -3.56. The lowest BCUT2D eigenvalue weighted by atomic mass is 9.99. The van der Waals surface area contributed by atoms with E-state index in [0.717, 1.165) is 0 Å². The van der Waals surface area contributed by atoms with Crippen LogP contribution in [0.1, 0.15) is 38.2 Å². The molecule has 1 saturated heterocycles. The van der Waals surface area contributed by atoms with Gasteiger partial charge >= 0.3 is 6.03 Å². The second-order valence-corrected chi connectivity index (χ2v) is 8.92. The molecule has 31 heavy (non-hydrogen) atoms. The minimum atomic E-state index is -0.305. The zero-order valence-electron chi connectivity index (χ0n) is 17.9. The molecule has 0 bridgehead atoms. The Morgan fingerprint density at radius 1 is 1.23 bits per heavy atom. The predicted octanol–water partition coefficient (Wildman–Crippen LogP) is 2.54. The first-order valence-electron chi connectivity index (χ1n) is 10.2. The maximum Gasteiger partial charge on any atom is 0.321 e. The van der Waals surface area contributed by atoms with Crippen LogP contribution in [0, 0.1) is 6.92 Å². The Balaban J connectivity index is 1.32. The number of urea groups is 1. The molecule has 2 aliphatic rings. The highest BCUT2D eigenvalue weighted by molar-refractivity contribution is 5.90. The average molecular weight is 424 g/mol. The van der Waals surface area contributed by atoms with E-state index in [0.29, 0.717) is 52.8 Å². The van der Waals surface area contributed by atoms with Crippen molar-refractivity contribution in [2.24, 2.45) is 0 Å². The molecular weight excluding hydrogens is 400 g/mol. The summed E-state index contributed by atoms with van der Waals surface area (Å²) in [7, 11) is 0. The van der Waals surface area contributed by atoms with Gasteiger partial charge in [-0.1, -0.05) is 0 Å². The summed E-state index contributed by atoms with van der Waals surface area (Å²) in [6, 6.07) is 5.06. The number of nitrogens with one attached hydrogen (secondary N) is 2. The predicted molar refractivity (Wildman–Crippen MR) is 114 cm³/mol. The first-order valence-corrected chi connectivity index (χ1v) is 10.2. The molecule has 2 amide bonds. The molecular formula is C21H24N6O4. The number of hydrogen-bond donors (Lipinski definition) is 2. The molecule has 2 aromatic heterocycles. The van der Waals surface area contributed by atoms with Crippen LogP contribution < -0.4 is 20.3 Å². The molecule has 0 radical (unpaired) electrons. The van der Waals surface area contributed by atoms with Crippen molar-refractivity contribution in [2.45, 2.75) is 39.2 Å². The smallest absolute Gasteiger partial charge is 0.321 e. The lowest BCUT2D eigenvalue weighted by Crippen LogP contribution is -2.51. The number of aryl methyl sites for hydroxylation is 1. The first-order chi connectivity index (χ1) is 14.7. The number of ether oxygens (including phenoxy) is 2. The summed E-state index contributed by atoms with van der Waals surface area (Å²) < 4.78 is 12.4. The summed E-state index contributed by atoms with van der Waals surface area (Å²) in [6.45, 7) is 8.99. The SMILES string of the molecule is Cc1nn(C(C)(C)C)c2nc(C3CN(C(=O)Nc4ccc5c(c4)OCO5)C3)[nH]c(=O)c12. The van der Waals surface area contributed by atoms with Gasteiger partial charge in [-0.15, -0.1) is 0 Å². The van der Waals surface area contributed by atoms with E-state index in [9.17, 15) is 9.59 Å². The summed E-state index contributed by atoms with van der Waals surface area (Å²) in [5.41, 5.74) is 1.36. The summed E-state index contributed by atoms with van der Waals surface area (Å²) in [4.78, 5) is 34.5. The molecule has 1 aromatic carbocycles. The van der Waals surface area contributed by atoms with Crippen molar-refractivity contribution < 1.29 is 14.3 Å². The molecule has 1 fully saturated rings. The molecule has 0 saturated carbocycles. The number of nitrogens with zero attached hydrogens (tertiary/aromatic N) is 4. The second-order valence-electron chi connectivity index (χ2n) is 8.92. The summed E-state index contributed by atoms with van der Waals surface area (Å²) >= 11 is 0. The minimum absolute atomic E-state index is 0.0387. The fraction of sp³-hybridized carbons (Fsp3) is 0.429. The molecule has 162 valence electrons. The molecule has 2 aliphatic heterocycles. The standard InChI is InChI=1S/C21H24N6O4/c1-11-16-18(27(25-11)21(2,3)4)23-17(24-19(16)28)12-8-26(9-12)20(29)22-13-5-6-14-15(7-13)31-10-30-14/h5-7,12H,8-10H2,1-4H3,(H,22,29)(H,23,24,28). The number of aromatic nitrogens is 4. The van der Waals surface area contributed by atoms with Gasteiger partial charge in [0.25, 0.3) is 5.56 Å². The van der Waals surface area contributed by atoms with E-state index in [1.807, 2.05) is 27.7 Å². The van der Waals surface area contributed by atoms with E-state index in [4.69, 9.17) is 14.5 Å². The van der Waals surface area contributed by atoms with Crippen LogP contribution in [0.15, 0.2) is 23.0 Å². The molecule has 5 rings (SSSR count). The third kappa shape index (κ3) is 3.28. The third-order valence-electron chi connectivity index (χ3n) is 5.55. The number of aromatic amines is 1. The Bertz CT molecular complexity index is 1250. The first kappa shape index (κ1) is 19.4. The number of anilines is 1. The number of benzene rings is 1. The van der Waals surface area contributed by atoms with Crippen LogP contribution in [0.5, 0.6) is 11.5 Å². The normalized spacial score (nSPS) is 15.9. The van der Waals surface area contributed by atoms with Crippen molar-refractivity contribution in [2.75, 3.05) is 25.2 Å². The van der Waals surface area contributed by atoms with Crippen LogP contribution in [-0.2, 0) is 5.54 Å². The van der Waals surface area contributed by atoms with Crippen molar-refractivity contribution in [3.63, 3.8) is 0 Å². The van der Waals surface area contributed by atoms with Gasteiger partial charge in [0.2, 0.25) is 6.79 Å². The molecule has 10 nitrogen and oxygen atoms in total. The van der Waals surface area contributed by atoms with Gasteiger partial charge in [0.15, 0.2) is 17.1 Å². The van der Waals surface area contributed by atoms with Crippen LogP contribution in [-0.4, -0.2) is 50.6 Å². The van der Waals surface area contributed by atoms with Crippen molar-refractivity contribution in [3.8, 4) is 11.5 Å². The van der Waals surface area contributed by atoms with Crippen molar-refractivity contribution in [3.05, 3.63) is 40.1 Å². The average Bonchev–Trinajstić information content (AvgIpc) is 3.24. The molecule has 2 N–H and O–H groups in total. The maximum absolute atomic E-state index is 12.7. The van der Waals surface area contributed by atoms with E-state index < -0.39 is 0 Å². The summed E-state index contributed by atoms with van der Waals surface area (Å²) in [6.07, 6.45) is 0. The van der Waals surface area contributed by atoms with Crippen LogP contribution in [0.2, 0.25) is 0 Å². The topological polar surface area (TPSA) is 114 Å². The molecule has 0 unspecified atom stereocenters. The second kappa shape index (κ2) is 6.73. The van der Waals surface area contributed by atoms with Gasteiger partial charge in [-0.2, -0.15) is 5.10 Å². The van der Waals surface area contributed by atoms with Crippen LogP contribution in [0.25, 0.3) is 11.0 Å². The molecule has 0 atom stereocenters. The monoisotopic (exact) mass is 424 g/mol. The van der Waals surface area contributed by atoms with E-state index in [1.54, 1.807) is 27.8 Å². The van der Waals surface area contributed by atoms with Gasteiger partial charge < -0.3 is 24.7 Å². The maximum atomic E-state index is 12.7. The highest BCUT2D eigenvalue weighted by Gasteiger charge is 2.35. The number of amides is 2. The molecule has 0 aliphatic carbocycles. The number of fused-ring (bicyclic) bond motifs is 2. The van der Waals surface area contributed by atoms with Gasteiger partial charge in [-0.05, 0) is 39.8 Å². The zero-order valence-corrected chi connectivity index (χ0v) is 17.9. The molecule has 0 spiro atoms. The summed E-state index contributed by atoms with van der Waals surface area (Å²) in [5.74, 6) is 1.82. The van der Waals surface area contributed by atoms with Crippen molar-refractivity contribution in [1.29, 1.82) is 0 Å². The third-order valence-corrected chi connectivity index (χ3v) is 5.55. The van der Waals surface area contributed by atoms with E-state index in [2.05, 4.69) is 15.4 Å². The van der Waals surface area contributed by atoms with Crippen LogP contribution in [0.4, 0.5) is 10.5 Å². The van der Waals surface area contributed by atoms with Gasteiger partial charge in [0, 0.05) is 24.8 Å². The minimum Gasteiger partial charge on any atom is -0.454 e.